The second-order valence-electron chi connectivity index (χ2n) is 6.08. The van der Waals surface area contributed by atoms with E-state index < -0.39 is 0 Å². The molecule has 0 radical (unpaired) electrons. The van der Waals surface area contributed by atoms with Crippen LogP contribution in [-0.2, 0) is 4.79 Å². The van der Waals surface area contributed by atoms with Crippen molar-refractivity contribution in [2.75, 3.05) is 20.8 Å². The molecule has 1 unspecified atom stereocenters. The van der Waals surface area contributed by atoms with Gasteiger partial charge in [-0.2, -0.15) is 0 Å². The van der Waals surface area contributed by atoms with Gasteiger partial charge in [-0.05, 0) is 56.2 Å². The molecule has 1 aromatic carbocycles. The van der Waals surface area contributed by atoms with Gasteiger partial charge in [0.25, 0.3) is 0 Å². The third-order valence-corrected chi connectivity index (χ3v) is 4.48. The zero-order chi connectivity index (χ0) is 17.8. The van der Waals surface area contributed by atoms with Crippen molar-refractivity contribution in [1.82, 2.24) is 4.90 Å². The maximum atomic E-state index is 12.7. The van der Waals surface area contributed by atoms with Crippen molar-refractivity contribution < 1.29 is 18.7 Å². The summed E-state index contributed by atoms with van der Waals surface area (Å²) in [6.45, 7) is 2.61. The fraction of sp³-hybridized carbons (Fsp3) is 0.350. The van der Waals surface area contributed by atoms with Crippen LogP contribution in [-0.4, -0.2) is 31.6 Å². The molecule has 1 saturated heterocycles. The van der Waals surface area contributed by atoms with Gasteiger partial charge in [0.2, 0.25) is 5.91 Å². The molecule has 0 spiro atoms. The number of methoxy groups -OCH3 is 2. The minimum Gasteiger partial charge on any atom is -0.497 e. The number of likely N-dealkylation sites (tertiary alicyclic amines) is 1. The first-order valence-electron chi connectivity index (χ1n) is 8.39. The van der Waals surface area contributed by atoms with Crippen LogP contribution in [0.2, 0.25) is 0 Å². The lowest BCUT2D eigenvalue weighted by Gasteiger charge is -2.25. The highest BCUT2D eigenvalue weighted by molar-refractivity contribution is 5.92. The number of hydrogen-bond donors (Lipinski definition) is 0. The third-order valence-electron chi connectivity index (χ3n) is 4.48. The van der Waals surface area contributed by atoms with E-state index in [4.69, 9.17) is 13.9 Å². The van der Waals surface area contributed by atoms with Crippen LogP contribution >= 0.6 is 0 Å². The Balaban J connectivity index is 1.82. The smallest absolute Gasteiger partial charge is 0.247 e. The molecule has 5 nitrogen and oxygen atoms in total. The Labute approximate surface area is 147 Å². The first kappa shape index (κ1) is 17.1. The molecule has 1 amide bonds. The molecule has 0 saturated carbocycles. The topological polar surface area (TPSA) is 51.9 Å². The number of carbonyl (C=O) groups excluding carboxylic acids is 1. The first-order valence-corrected chi connectivity index (χ1v) is 8.39. The summed E-state index contributed by atoms with van der Waals surface area (Å²) < 4.78 is 16.3. The highest BCUT2D eigenvalue weighted by Gasteiger charge is 2.31. The van der Waals surface area contributed by atoms with Gasteiger partial charge in [0.05, 0.1) is 20.3 Å². The number of benzene rings is 1. The van der Waals surface area contributed by atoms with Gasteiger partial charge in [-0.15, -0.1) is 0 Å². The predicted octanol–water partition coefficient (Wildman–Crippen LogP) is 3.98. The molecule has 1 atom stereocenters. The first-order chi connectivity index (χ1) is 12.1. The molecule has 3 rings (SSSR count). The minimum absolute atomic E-state index is 0.0134. The van der Waals surface area contributed by atoms with Gasteiger partial charge in [0.1, 0.15) is 23.0 Å². The zero-order valence-corrected chi connectivity index (χ0v) is 14.8. The molecule has 2 aromatic rings. The monoisotopic (exact) mass is 341 g/mol. The Morgan fingerprint density at radius 2 is 2.08 bits per heavy atom. The summed E-state index contributed by atoms with van der Waals surface area (Å²) in [4.78, 5) is 14.6. The van der Waals surface area contributed by atoms with E-state index in [-0.39, 0.29) is 11.9 Å². The van der Waals surface area contributed by atoms with E-state index in [2.05, 4.69) is 0 Å². The maximum absolute atomic E-state index is 12.7. The maximum Gasteiger partial charge on any atom is 0.247 e. The second-order valence-corrected chi connectivity index (χ2v) is 6.08. The molecule has 25 heavy (non-hydrogen) atoms. The average Bonchev–Trinajstić information content (AvgIpc) is 3.28. The van der Waals surface area contributed by atoms with Crippen LogP contribution in [0.15, 0.2) is 40.8 Å². The van der Waals surface area contributed by atoms with Crippen molar-refractivity contribution in [3.8, 4) is 11.5 Å². The van der Waals surface area contributed by atoms with Crippen molar-refractivity contribution in [2.24, 2.45) is 0 Å². The number of carbonyl (C=O) groups is 1. The van der Waals surface area contributed by atoms with Gasteiger partial charge in [0, 0.05) is 18.2 Å². The Morgan fingerprint density at radius 3 is 2.76 bits per heavy atom. The van der Waals surface area contributed by atoms with E-state index in [1.165, 1.54) is 0 Å². The summed E-state index contributed by atoms with van der Waals surface area (Å²) in [5, 5.41) is 0. The van der Waals surface area contributed by atoms with Crippen LogP contribution in [0.5, 0.6) is 11.5 Å². The summed E-state index contributed by atoms with van der Waals surface area (Å²) in [7, 11) is 3.28. The van der Waals surface area contributed by atoms with Crippen LogP contribution < -0.4 is 9.47 Å². The summed E-state index contributed by atoms with van der Waals surface area (Å²) in [5.74, 6) is 3.02. The summed E-state index contributed by atoms with van der Waals surface area (Å²) in [5.41, 5.74) is 0.981. The molecule has 0 bridgehead atoms. The fourth-order valence-electron chi connectivity index (χ4n) is 3.25. The van der Waals surface area contributed by atoms with E-state index in [0.29, 0.717) is 5.76 Å². The predicted molar refractivity (Wildman–Crippen MR) is 95.7 cm³/mol. The lowest BCUT2D eigenvalue weighted by molar-refractivity contribution is -0.126. The van der Waals surface area contributed by atoms with Crippen LogP contribution in [0, 0.1) is 6.92 Å². The zero-order valence-electron chi connectivity index (χ0n) is 14.8. The van der Waals surface area contributed by atoms with Gasteiger partial charge in [-0.25, -0.2) is 0 Å². The number of ether oxygens (including phenoxy) is 2. The second kappa shape index (κ2) is 7.47. The molecule has 0 N–H and O–H groups in total. The SMILES string of the molecule is COc1ccc(OC)c(C2CCCN2C(=O)/C=C/c2ccc(C)o2)c1. The summed E-state index contributed by atoms with van der Waals surface area (Å²) >= 11 is 0. The van der Waals surface area contributed by atoms with Crippen LogP contribution in [0.4, 0.5) is 0 Å². The number of aryl methyl sites for hydroxylation is 1. The van der Waals surface area contributed by atoms with Gasteiger partial charge >= 0.3 is 0 Å². The molecule has 1 fully saturated rings. The van der Waals surface area contributed by atoms with Crippen molar-refractivity contribution in [3.05, 3.63) is 53.5 Å². The molecule has 132 valence electrons. The quantitative estimate of drug-likeness (QED) is 0.772. The Morgan fingerprint density at radius 1 is 1.24 bits per heavy atom. The minimum atomic E-state index is -0.0265. The Kier molecular flexibility index (Phi) is 5.12. The van der Waals surface area contributed by atoms with E-state index in [0.717, 1.165) is 42.2 Å². The number of nitrogens with zero attached hydrogens (tertiary/aromatic N) is 1. The van der Waals surface area contributed by atoms with Crippen molar-refractivity contribution >= 4 is 12.0 Å². The molecule has 1 aliphatic heterocycles. The molecule has 5 heteroatoms. The van der Waals surface area contributed by atoms with Gasteiger partial charge in [-0.3, -0.25) is 4.79 Å². The van der Waals surface area contributed by atoms with E-state index in [9.17, 15) is 4.79 Å². The van der Waals surface area contributed by atoms with Crippen molar-refractivity contribution in [1.29, 1.82) is 0 Å². The number of amides is 1. The number of furan rings is 1. The standard InChI is InChI=1S/C20H23NO4/c1-14-6-7-15(25-14)9-11-20(22)21-12-4-5-18(21)17-13-16(23-2)8-10-19(17)24-3/h6-11,13,18H,4-5,12H2,1-3H3/b11-9+. The van der Waals surface area contributed by atoms with Gasteiger partial charge in [-0.1, -0.05) is 0 Å². The molecular formula is C20H23NO4. The largest absolute Gasteiger partial charge is 0.497 e. The molecular weight excluding hydrogens is 318 g/mol. The molecule has 2 heterocycles. The van der Waals surface area contributed by atoms with Gasteiger partial charge < -0.3 is 18.8 Å². The van der Waals surface area contributed by atoms with Crippen molar-refractivity contribution in [3.63, 3.8) is 0 Å². The highest BCUT2D eigenvalue weighted by Crippen LogP contribution is 2.39. The Hall–Kier alpha value is -2.69. The molecule has 1 aromatic heterocycles. The molecule has 0 aliphatic carbocycles. The average molecular weight is 341 g/mol. The van der Waals surface area contributed by atoms with E-state index in [1.807, 2.05) is 42.2 Å². The number of rotatable bonds is 5. The van der Waals surface area contributed by atoms with Crippen LogP contribution in [0.25, 0.3) is 6.08 Å². The Bertz CT molecular complexity index is 778. The van der Waals surface area contributed by atoms with E-state index in [1.54, 1.807) is 26.4 Å². The van der Waals surface area contributed by atoms with E-state index >= 15 is 0 Å². The fourth-order valence-corrected chi connectivity index (χ4v) is 3.25. The van der Waals surface area contributed by atoms with Crippen LogP contribution in [0.1, 0.15) is 36.0 Å². The summed E-state index contributed by atoms with van der Waals surface area (Å²) in [6, 6.07) is 9.42. The van der Waals surface area contributed by atoms with Gasteiger partial charge in [0.15, 0.2) is 0 Å². The summed E-state index contributed by atoms with van der Waals surface area (Å²) in [6.07, 6.45) is 5.16. The van der Waals surface area contributed by atoms with Crippen molar-refractivity contribution in [2.45, 2.75) is 25.8 Å². The van der Waals surface area contributed by atoms with Crippen LogP contribution in [0.3, 0.4) is 0 Å². The lowest BCUT2D eigenvalue weighted by atomic mass is 10.0. The third kappa shape index (κ3) is 3.71. The number of hydrogen-bond acceptors (Lipinski definition) is 4. The lowest BCUT2D eigenvalue weighted by Crippen LogP contribution is -2.29. The highest BCUT2D eigenvalue weighted by atomic mass is 16.5. The normalized spacial score (nSPS) is 17.2. The molecule has 1 aliphatic rings.